The lowest BCUT2D eigenvalue weighted by Gasteiger charge is -2.09. The molecular weight excluding hydrogens is 406 g/mol. The maximum atomic E-state index is 12.4. The Labute approximate surface area is 187 Å². The number of benzene rings is 3. The summed E-state index contributed by atoms with van der Waals surface area (Å²) in [5.41, 5.74) is 3.06. The second kappa shape index (κ2) is 10.8. The van der Waals surface area contributed by atoms with Crippen LogP contribution in [0.3, 0.4) is 0 Å². The van der Waals surface area contributed by atoms with Crippen LogP contribution in [0.2, 0.25) is 0 Å². The number of esters is 1. The van der Waals surface area contributed by atoms with E-state index in [2.05, 4.69) is 5.32 Å². The molecule has 0 fully saturated rings. The first-order valence-electron chi connectivity index (χ1n) is 10.2. The molecule has 6 heteroatoms. The van der Waals surface area contributed by atoms with E-state index in [-0.39, 0.29) is 5.91 Å². The second-order valence-corrected chi connectivity index (χ2v) is 6.94. The van der Waals surface area contributed by atoms with Crippen LogP contribution in [0, 0.1) is 6.92 Å². The van der Waals surface area contributed by atoms with Crippen molar-refractivity contribution >= 4 is 23.6 Å². The van der Waals surface area contributed by atoms with Crippen molar-refractivity contribution in [1.29, 1.82) is 0 Å². The Balaban J connectivity index is 1.58. The quantitative estimate of drug-likeness (QED) is 0.299. The van der Waals surface area contributed by atoms with Gasteiger partial charge < -0.3 is 19.5 Å². The van der Waals surface area contributed by atoms with E-state index in [4.69, 9.17) is 14.2 Å². The predicted octanol–water partition coefficient (Wildman–Crippen LogP) is 5.27. The molecule has 0 atom stereocenters. The summed E-state index contributed by atoms with van der Waals surface area (Å²) in [6.45, 7) is 4.41. The van der Waals surface area contributed by atoms with Gasteiger partial charge in [0.25, 0.3) is 5.91 Å². The Morgan fingerprint density at radius 1 is 0.938 bits per heavy atom. The fourth-order valence-corrected chi connectivity index (χ4v) is 2.89. The smallest absolute Gasteiger partial charge is 0.336 e. The Hall–Kier alpha value is -4.06. The summed E-state index contributed by atoms with van der Waals surface area (Å²) in [7, 11) is 1.56. The molecular formula is C26H25NO5. The molecule has 6 nitrogen and oxygen atoms in total. The zero-order valence-electron chi connectivity index (χ0n) is 18.3. The molecule has 164 valence electrons. The lowest BCUT2D eigenvalue weighted by atomic mass is 10.2. The summed E-state index contributed by atoms with van der Waals surface area (Å²) in [4.78, 5) is 24.5. The minimum Gasteiger partial charge on any atom is -0.493 e. The fraction of sp³-hybridized carbons (Fsp3) is 0.154. The molecule has 3 aromatic carbocycles. The van der Waals surface area contributed by atoms with Gasteiger partial charge in [-0.05, 0) is 74.0 Å². The number of aryl methyl sites for hydroxylation is 1. The highest BCUT2D eigenvalue weighted by molar-refractivity contribution is 6.04. The number of rotatable bonds is 8. The number of hydrogen-bond donors (Lipinski definition) is 1. The van der Waals surface area contributed by atoms with Crippen molar-refractivity contribution in [2.24, 2.45) is 0 Å². The van der Waals surface area contributed by atoms with Gasteiger partial charge in [-0.15, -0.1) is 0 Å². The summed E-state index contributed by atoms with van der Waals surface area (Å²) in [5, 5.41) is 2.83. The predicted molar refractivity (Wildman–Crippen MR) is 124 cm³/mol. The molecule has 0 aromatic heterocycles. The first kappa shape index (κ1) is 22.6. The molecule has 0 bridgehead atoms. The highest BCUT2D eigenvalue weighted by Gasteiger charge is 2.08. The SMILES string of the molecule is CCOc1ccc(/C=C/C(=O)Oc2ccc(C(=O)Nc3ccc(C)cc3)cc2)cc1OC. The van der Waals surface area contributed by atoms with Gasteiger partial charge in [-0.3, -0.25) is 4.79 Å². The third-order valence-electron chi connectivity index (χ3n) is 4.54. The highest BCUT2D eigenvalue weighted by Crippen LogP contribution is 2.28. The second-order valence-electron chi connectivity index (χ2n) is 6.94. The maximum Gasteiger partial charge on any atom is 0.336 e. The summed E-state index contributed by atoms with van der Waals surface area (Å²) in [6.07, 6.45) is 2.96. The number of amides is 1. The molecule has 0 unspecified atom stereocenters. The molecule has 0 aliphatic carbocycles. The monoisotopic (exact) mass is 431 g/mol. The number of carbonyl (C=O) groups is 2. The number of hydrogen-bond acceptors (Lipinski definition) is 5. The van der Waals surface area contributed by atoms with Crippen LogP contribution in [0.4, 0.5) is 5.69 Å². The van der Waals surface area contributed by atoms with Crippen LogP contribution in [0.15, 0.2) is 72.8 Å². The molecule has 0 saturated heterocycles. The van der Waals surface area contributed by atoms with Crippen LogP contribution in [0.1, 0.15) is 28.4 Å². The van der Waals surface area contributed by atoms with Crippen LogP contribution in [0.25, 0.3) is 6.08 Å². The van der Waals surface area contributed by atoms with E-state index in [0.717, 1.165) is 11.1 Å². The van der Waals surface area contributed by atoms with Crippen molar-refractivity contribution in [1.82, 2.24) is 0 Å². The lowest BCUT2D eigenvalue weighted by Crippen LogP contribution is -2.12. The van der Waals surface area contributed by atoms with E-state index in [1.807, 2.05) is 44.2 Å². The van der Waals surface area contributed by atoms with E-state index < -0.39 is 5.97 Å². The zero-order chi connectivity index (χ0) is 22.9. The minimum atomic E-state index is -0.533. The van der Waals surface area contributed by atoms with Gasteiger partial charge in [0, 0.05) is 17.3 Å². The number of nitrogens with one attached hydrogen (secondary N) is 1. The number of ether oxygens (including phenoxy) is 3. The summed E-state index contributed by atoms with van der Waals surface area (Å²) < 4.78 is 16.1. The van der Waals surface area contributed by atoms with E-state index in [1.165, 1.54) is 6.08 Å². The third kappa shape index (κ3) is 6.22. The van der Waals surface area contributed by atoms with Crippen LogP contribution in [-0.4, -0.2) is 25.6 Å². The van der Waals surface area contributed by atoms with Crippen molar-refractivity contribution in [3.63, 3.8) is 0 Å². The van der Waals surface area contributed by atoms with Crippen LogP contribution >= 0.6 is 0 Å². The molecule has 0 spiro atoms. The summed E-state index contributed by atoms with van der Waals surface area (Å²) in [5.74, 6) is 0.796. The Bertz CT molecular complexity index is 1100. The molecule has 0 heterocycles. The van der Waals surface area contributed by atoms with E-state index in [9.17, 15) is 9.59 Å². The first-order chi connectivity index (χ1) is 15.5. The van der Waals surface area contributed by atoms with Crippen molar-refractivity contribution in [3.8, 4) is 17.2 Å². The van der Waals surface area contributed by atoms with Gasteiger partial charge in [0.05, 0.1) is 13.7 Å². The van der Waals surface area contributed by atoms with Gasteiger partial charge in [0.15, 0.2) is 11.5 Å². The van der Waals surface area contributed by atoms with Crippen LogP contribution in [-0.2, 0) is 4.79 Å². The average Bonchev–Trinajstić information content (AvgIpc) is 2.80. The number of anilines is 1. The number of methoxy groups -OCH3 is 1. The maximum absolute atomic E-state index is 12.4. The molecule has 32 heavy (non-hydrogen) atoms. The average molecular weight is 431 g/mol. The van der Waals surface area contributed by atoms with Crippen molar-refractivity contribution < 1.29 is 23.8 Å². The van der Waals surface area contributed by atoms with E-state index in [0.29, 0.717) is 35.1 Å². The molecule has 1 amide bonds. The molecule has 0 aliphatic heterocycles. The van der Waals surface area contributed by atoms with Crippen molar-refractivity contribution in [3.05, 3.63) is 89.5 Å². The highest BCUT2D eigenvalue weighted by atomic mass is 16.5. The Morgan fingerprint density at radius 3 is 2.31 bits per heavy atom. The number of carbonyl (C=O) groups excluding carboxylic acids is 2. The van der Waals surface area contributed by atoms with Gasteiger partial charge in [-0.2, -0.15) is 0 Å². The fourth-order valence-electron chi connectivity index (χ4n) is 2.89. The minimum absolute atomic E-state index is 0.240. The van der Waals surface area contributed by atoms with Crippen LogP contribution < -0.4 is 19.5 Å². The van der Waals surface area contributed by atoms with Gasteiger partial charge >= 0.3 is 5.97 Å². The molecule has 0 radical (unpaired) electrons. The summed E-state index contributed by atoms with van der Waals surface area (Å²) >= 11 is 0. The Morgan fingerprint density at radius 2 is 1.66 bits per heavy atom. The lowest BCUT2D eigenvalue weighted by molar-refractivity contribution is -0.128. The largest absolute Gasteiger partial charge is 0.493 e. The summed E-state index contributed by atoms with van der Waals surface area (Å²) in [6, 6.07) is 19.3. The first-order valence-corrected chi connectivity index (χ1v) is 10.2. The standard InChI is InChI=1S/C26H25NO5/c1-4-31-23-15-7-19(17-24(23)30-3)8-16-25(28)32-22-13-9-20(10-14-22)26(29)27-21-11-5-18(2)6-12-21/h5-17H,4H2,1-3H3,(H,27,29)/b16-8+. The molecule has 0 aliphatic rings. The van der Waals surface area contributed by atoms with E-state index in [1.54, 1.807) is 49.6 Å². The molecule has 0 saturated carbocycles. The van der Waals surface area contributed by atoms with Crippen molar-refractivity contribution in [2.75, 3.05) is 19.0 Å². The van der Waals surface area contributed by atoms with Crippen molar-refractivity contribution in [2.45, 2.75) is 13.8 Å². The molecule has 3 rings (SSSR count). The van der Waals surface area contributed by atoms with Gasteiger partial charge in [0.1, 0.15) is 5.75 Å². The Kier molecular flexibility index (Phi) is 7.65. The van der Waals surface area contributed by atoms with Gasteiger partial charge in [-0.25, -0.2) is 4.79 Å². The normalized spacial score (nSPS) is 10.6. The van der Waals surface area contributed by atoms with E-state index >= 15 is 0 Å². The zero-order valence-corrected chi connectivity index (χ0v) is 18.3. The van der Waals surface area contributed by atoms with Gasteiger partial charge in [-0.1, -0.05) is 23.8 Å². The van der Waals surface area contributed by atoms with Crippen LogP contribution in [0.5, 0.6) is 17.2 Å². The molecule has 1 N–H and O–H groups in total. The van der Waals surface area contributed by atoms with Gasteiger partial charge in [0.2, 0.25) is 0 Å². The topological polar surface area (TPSA) is 73.9 Å². The third-order valence-corrected chi connectivity index (χ3v) is 4.54. The molecule has 3 aromatic rings.